The van der Waals surface area contributed by atoms with Gasteiger partial charge in [0.25, 0.3) is 0 Å². The van der Waals surface area contributed by atoms with Crippen LogP contribution in [-0.2, 0) is 6.54 Å². The van der Waals surface area contributed by atoms with E-state index in [0.717, 1.165) is 25.5 Å². The fourth-order valence-electron chi connectivity index (χ4n) is 2.42. The molecule has 1 atom stereocenters. The zero-order valence-corrected chi connectivity index (χ0v) is 13.8. The number of hydrogen-bond acceptors (Lipinski definition) is 4. The number of rotatable bonds is 5. The molecule has 0 aromatic carbocycles. The number of likely N-dealkylation sites (N-methyl/N-ethyl adjacent to an activating group) is 1. The molecule has 114 valence electrons. The van der Waals surface area contributed by atoms with Crippen LogP contribution in [0.25, 0.3) is 0 Å². The maximum absolute atomic E-state index is 4.56. The van der Waals surface area contributed by atoms with Crippen molar-refractivity contribution in [1.82, 2.24) is 15.2 Å². The lowest BCUT2D eigenvalue weighted by Crippen LogP contribution is -2.33. The number of aromatic nitrogens is 1. The van der Waals surface area contributed by atoms with E-state index in [2.05, 4.69) is 60.2 Å². The van der Waals surface area contributed by atoms with Gasteiger partial charge in [0.05, 0.1) is 0 Å². The average molecular weight is 299 g/mol. The summed E-state index contributed by atoms with van der Waals surface area (Å²) in [6.07, 6.45) is 3.26. The van der Waals surface area contributed by atoms with Crippen molar-refractivity contribution in [3.63, 3.8) is 0 Å². The Morgan fingerprint density at radius 2 is 2.10 bits per heavy atom. The Labute approximate surface area is 129 Å². The van der Waals surface area contributed by atoms with Crippen molar-refractivity contribution in [2.24, 2.45) is 0 Å². The van der Waals surface area contributed by atoms with Crippen molar-refractivity contribution in [2.75, 3.05) is 32.1 Å². The second-order valence-corrected chi connectivity index (χ2v) is 5.79. The quantitative estimate of drug-likeness (QED) is 0.902. The summed E-state index contributed by atoms with van der Waals surface area (Å²) in [5.74, 6) is 1.05. The Balaban J connectivity index is 0.00000200. The van der Waals surface area contributed by atoms with Gasteiger partial charge in [0.15, 0.2) is 0 Å². The highest BCUT2D eigenvalue weighted by molar-refractivity contribution is 5.85. The highest BCUT2D eigenvalue weighted by Crippen LogP contribution is 2.15. The minimum Gasteiger partial charge on any atom is -0.357 e. The fourth-order valence-corrected chi connectivity index (χ4v) is 2.42. The van der Waals surface area contributed by atoms with Gasteiger partial charge in [-0.1, -0.05) is 6.07 Å². The normalized spacial score (nSPS) is 18.4. The molecular weight excluding hydrogens is 272 g/mol. The van der Waals surface area contributed by atoms with Crippen LogP contribution in [0.2, 0.25) is 0 Å². The molecular formula is C15H27ClN4. The van der Waals surface area contributed by atoms with E-state index in [9.17, 15) is 0 Å². The summed E-state index contributed by atoms with van der Waals surface area (Å²) >= 11 is 0. The van der Waals surface area contributed by atoms with E-state index in [4.69, 9.17) is 0 Å². The molecule has 2 heterocycles. The smallest absolute Gasteiger partial charge is 0.128 e. The zero-order valence-electron chi connectivity index (χ0n) is 13.0. The fraction of sp³-hybridized carbons (Fsp3) is 0.667. The standard InChI is InChI=1S/C15H26N4.ClH/c1-12(2)19(4)15-6-5-13(9-17-15)11-18(3)14-7-8-16-10-14;/h5-6,9,12,14,16H,7-8,10-11H2,1-4H3;1H. The summed E-state index contributed by atoms with van der Waals surface area (Å²) < 4.78 is 0. The van der Waals surface area contributed by atoms with Gasteiger partial charge in [-0.2, -0.15) is 0 Å². The summed E-state index contributed by atoms with van der Waals surface area (Å²) in [5.41, 5.74) is 1.29. The van der Waals surface area contributed by atoms with Gasteiger partial charge >= 0.3 is 0 Å². The Morgan fingerprint density at radius 3 is 2.60 bits per heavy atom. The lowest BCUT2D eigenvalue weighted by Gasteiger charge is -2.25. The summed E-state index contributed by atoms with van der Waals surface area (Å²) in [4.78, 5) is 9.17. The maximum atomic E-state index is 4.56. The minimum absolute atomic E-state index is 0. The molecule has 1 saturated heterocycles. The second kappa shape index (κ2) is 7.81. The molecule has 0 amide bonds. The van der Waals surface area contributed by atoms with Crippen LogP contribution in [0.1, 0.15) is 25.8 Å². The molecule has 1 unspecified atom stereocenters. The first-order chi connectivity index (χ1) is 9.08. The molecule has 20 heavy (non-hydrogen) atoms. The predicted molar refractivity (Wildman–Crippen MR) is 87.8 cm³/mol. The molecule has 1 fully saturated rings. The molecule has 0 bridgehead atoms. The maximum Gasteiger partial charge on any atom is 0.128 e. The third-order valence-electron chi connectivity index (χ3n) is 4.03. The first kappa shape index (κ1) is 17.2. The van der Waals surface area contributed by atoms with Gasteiger partial charge in [0.1, 0.15) is 5.82 Å². The highest BCUT2D eigenvalue weighted by Gasteiger charge is 2.19. The monoisotopic (exact) mass is 298 g/mol. The third-order valence-corrected chi connectivity index (χ3v) is 4.03. The Morgan fingerprint density at radius 1 is 1.35 bits per heavy atom. The number of nitrogens with zero attached hydrogens (tertiary/aromatic N) is 3. The first-order valence-electron chi connectivity index (χ1n) is 7.16. The van der Waals surface area contributed by atoms with Crippen molar-refractivity contribution in [1.29, 1.82) is 0 Å². The highest BCUT2D eigenvalue weighted by atomic mass is 35.5. The van der Waals surface area contributed by atoms with Crippen LogP contribution in [-0.4, -0.2) is 49.2 Å². The van der Waals surface area contributed by atoms with Crippen LogP contribution in [0.15, 0.2) is 18.3 Å². The molecule has 1 aliphatic heterocycles. The molecule has 4 nitrogen and oxygen atoms in total. The van der Waals surface area contributed by atoms with Gasteiger partial charge in [-0.25, -0.2) is 4.98 Å². The van der Waals surface area contributed by atoms with Crippen molar-refractivity contribution < 1.29 is 0 Å². The van der Waals surface area contributed by atoms with E-state index in [0.29, 0.717) is 12.1 Å². The van der Waals surface area contributed by atoms with E-state index in [1.807, 2.05) is 6.20 Å². The van der Waals surface area contributed by atoms with Crippen LogP contribution >= 0.6 is 12.4 Å². The van der Waals surface area contributed by atoms with Crippen molar-refractivity contribution in [3.05, 3.63) is 23.9 Å². The molecule has 1 aliphatic rings. The van der Waals surface area contributed by atoms with Gasteiger partial charge in [-0.3, -0.25) is 4.90 Å². The molecule has 2 rings (SSSR count). The lowest BCUT2D eigenvalue weighted by atomic mass is 10.2. The topological polar surface area (TPSA) is 31.4 Å². The van der Waals surface area contributed by atoms with E-state index >= 15 is 0 Å². The van der Waals surface area contributed by atoms with Gasteiger partial charge in [0, 0.05) is 38.4 Å². The minimum atomic E-state index is 0. The molecule has 0 aliphatic carbocycles. The molecule has 1 N–H and O–H groups in total. The van der Waals surface area contributed by atoms with Crippen molar-refractivity contribution >= 4 is 18.2 Å². The SMILES string of the molecule is CC(C)N(C)c1ccc(CN(C)C2CCNC2)cn1.Cl. The largest absolute Gasteiger partial charge is 0.357 e. The van der Waals surface area contributed by atoms with E-state index in [-0.39, 0.29) is 12.4 Å². The van der Waals surface area contributed by atoms with Crippen LogP contribution in [0.3, 0.4) is 0 Å². The Bertz CT molecular complexity index is 387. The van der Waals surface area contributed by atoms with Crippen LogP contribution in [0.4, 0.5) is 5.82 Å². The predicted octanol–water partition coefficient (Wildman–Crippen LogP) is 2.14. The molecule has 0 saturated carbocycles. The number of anilines is 1. The summed E-state index contributed by atoms with van der Waals surface area (Å²) in [5, 5.41) is 3.41. The lowest BCUT2D eigenvalue weighted by molar-refractivity contribution is 0.248. The molecule has 1 aromatic heterocycles. The molecule has 0 spiro atoms. The van der Waals surface area contributed by atoms with Crippen molar-refractivity contribution in [3.8, 4) is 0 Å². The Hall–Kier alpha value is -0.840. The average Bonchev–Trinajstić information content (AvgIpc) is 2.92. The second-order valence-electron chi connectivity index (χ2n) is 5.79. The van der Waals surface area contributed by atoms with Gasteiger partial charge in [0.2, 0.25) is 0 Å². The summed E-state index contributed by atoms with van der Waals surface area (Å²) in [7, 11) is 4.29. The zero-order chi connectivity index (χ0) is 13.8. The van der Waals surface area contributed by atoms with E-state index in [1.165, 1.54) is 12.0 Å². The van der Waals surface area contributed by atoms with Crippen LogP contribution < -0.4 is 10.2 Å². The molecule has 0 radical (unpaired) electrons. The number of pyridine rings is 1. The number of halogens is 1. The summed E-state index contributed by atoms with van der Waals surface area (Å²) in [6, 6.07) is 5.46. The first-order valence-corrected chi connectivity index (χ1v) is 7.16. The number of nitrogens with one attached hydrogen (secondary N) is 1. The van der Waals surface area contributed by atoms with Gasteiger partial charge in [-0.05, 0) is 45.5 Å². The third kappa shape index (κ3) is 4.33. The Kier molecular flexibility index (Phi) is 6.72. The molecule has 1 aromatic rings. The molecule has 5 heteroatoms. The van der Waals surface area contributed by atoms with Crippen molar-refractivity contribution in [2.45, 2.75) is 38.9 Å². The number of hydrogen-bond donors (Lipinski definition) is 1. The van der Waals surface area contributed by atoms with Crippen LogP contribution in [0.5, 0.6) is 0 Å². The van der Waals surface area contributed by atoms with E-state index < -0.39 is 0 Å². The summed E-state index contributed by atoms with van der Waals surface area (Å²) in [6.45, 7) is 7.58. The van der Waals surface area contributed by atoms with Gasteiger partial charge < -0.3 is 10.2 Å². The van der Waals surface area contributed by atoms with Crippen LogP contribution in [0, 0.1) is 0 Å². The van der Waals surface area contributed by atoms with Gasteiger partial charge in [-0.15, -0.1) is 12.4 Å². The van der Waals surface area contributed by atoms with E-state index in [1.54, 1.807) is 0 Å².